The first-order chi connectivity index (χ1) is 13.4. The van der Waals surface area contributed by atoms with Crippen molar-refractivity contribution in [1.29, 1.82) is 0 Å². The third kappa shape index (κ3) is 4.82. The van der Waals surface area contributed by atoms with Crippen LogP contribution in [0.25, 0.3) is 0 Å². The molecule has 3 aromatic rings. The van der Waals surface area contributed by atoms with Crippen molar-refractivity contribution in [2.75, 3.05) is 12.4 Å². The minimum absolute atomic E-state index is 0.208. The number of hydrogen-bond acceptors (Lipinski definition) is 2. The second-order valence-electron chi connectivity index (χ2n) is 6.77. The van der Waals surface area contributed by atoms with E-state index >= 15 is 0 Å². The van der Waals surface area contributed by atoms with Gasteiger partial charge in [0.15, 0.2) is 0 Å². The lowest BCUT2D eigenvalue weighted by atomic mass is 9.84. The van der Waals surface area contributed by atoms with E-state index in [1.165, 1.54) is 29.5 Å². The van der Waals surface area contributed by atoms with Crippen molar-refractivity contribution >= 4 is 11.8 Å². The van der Waals surface area contributed by atoms with Crippen LogP contribution in [0.5, 0.6) is 0 Å². The van der Waals surface area contributed by atoms with Crippen molar-refractivity contribution in [3.63, 3.8) is 0 Å². The summed E-state index contributed by atoms with van der Waals surface area (Å²) in [5, 5.41) is 8.99. The molecule has 1 N–H and O–H groups in total. The lowest BCUT2D eigenvalue weighted by Crippen LogP contribution is -2.26. The largest absolute Gasteiger partial charge is 0.396 e. The smallest absolute Gasteiger partial charge is 0.0906 e. The average Bonchev–Trinajstić information content (AvgIpc) is 2.75. The fourth-order valence-corrected chi connectivity index (χ4v) is 5.12. The fraction of sp³-hybridized carbons (Fsp3) is 0.280. The Labute approximate surface area is 167 Å². The molecular formula is C25H28OS. The fourth-order valence-electron chi connectivity index (χ4n) is 3.56. The van der Waals surface area contributed by atoms with Crippen LogP contribution < -0.4 is 0 Å². The van der Waals surface area contributed by atoms with Crippen LogP contribution in [0, 0.1) is 0 Å². The van der Waals surface area contributed by atoms with E-state index in [4.69, 9.17) is 5.11 Å². The van der Waals surface area contributed by atoms with E-state index in [2.05, 4.69) is 91.0 Å². The number of hydrogen-bond donors (Lipinski definition) is 1. The van der Waals surface area contributed by atoms with Crippen LogP contribution in [0.4, 0.5) is 0 Å². The van der Waals surface area contributed by atoms with Gasteiger partial charge in [0.1, 0.15) is 0 Å². The quantitative estimate of drug-likeness (QED) is 0.333. The van der Waals surface area contributed by atoms with Crippen LogP contribution in [-0.2, 0) is 4.75 Å². The van der Waals surface area contributed by atoms with Crippen LogP contribution in [0.15, 0.2) is 91.0 Å². The highest BCUT2D eigenvalue weighted by Crippen LogP contribution is 2.48. The summed E-state index contributed by atoms with van der Waals surface area (Å²) in [7, 11) is 0. The Balaban J connectivity index is 1.98. The van der Waals surface area contributed by atoms with Gasteiger partial charge in [0.25, 0.3) is 0 Å². The van der Waals surface area contributed by atoms with Crippen LogP contribution in [0.3, 0.4) is 0 Å². The Kier molecular flexibility index (Phi) is 7.55. The number of benzene rings is 3. The summed E-state index contributed by atoms with van der Waals surface area (Å²) in [6.45, 7) is 0.301. The van der Waals surface area contributed by atoms with E-state index in [0.29, 0.717) is 6.61 Å². The molecule has 0 heterocycles. The molecular weight excluding hydrogens is 348 g/mol. The standard InChI is InChI=1S/C25H28OS/c26-20-12-1-2-13-21-27-25(22-14-6-3-7-15-22,23-16-8-4-9-17-23)24-18-10-5-11-19-24/h3-11,14-19,26H,1-2,12-13,20-21H2. The van der Waals surface area contributed by atoms with E-state index in [-0.39, 0.29) is 4.75 Å². The summed E-state index contributed by atoms with van der Waals surface area (Å²) in [6, 6.07) is 32.6. The first-order valence-corrected chi connectivity index (χ1v) is 10.8. The minimum atomic E-state index is -0.208. The van der Waals surface area contributed by atoms with E-state index in [1.54, 1.807) is 0 Å². The molecule has 0 aliphatic heterocycles. The van der Waals surface area contributed by atoms with E-state index < -0.39 is 0 Å². The first kappa shape index (κ1) is 19.7. The van der Waals surface area contributed by atoms with Gasteiger partial charge < -0.3 is 5.11 Å². The summed E-state index contributed by atoms with van der Waals surface area (Å²) in [4.78, 5) is 0. The summed E-state index contributed by atoms with van der Waals surface area (Å²) in [6.07, 6.45) is 4.35. The highest BCUT2D eigenvalue weighted by molar-refractivity contribution is 8.00. The molecule has 0 amide bonds. The van der Waals surface area contributed by atoms with Crippen molar-refractivity contribution in [3.05, 3.63) is 108 Å². The van der Waals surface area contributed by atoms with Crippen molar-refractivity contribution < 1.29 is 5.11 Å². The highest BCUT2D eigenvalue weighted by Gasteiger charge is 2.36. The first-order valence-electron chi connectivity index (χ1n) is 9.79. The van der Waals surface area contributed by atoms with Crippen molar-refractivity contribution in [2.24, 2.45) is 0 Å². The third-order valence-corrected chi connectivity index (χ3v) is 6.54. The molecule has 0 atom stereocenters. The van der Waals surface area contributed by atoms with Crippen molar-refractivity contribution in [1.82, 2.24) is 0 Å². The summed E-state index contributed by atoms with van der Waals surface area (Å²) in [5.74, 6) is 1.09. The molecule has 0 aliphatic rings. The van der Waals surface area contributed by atoms with Gasteiger partial charge in [0, 0.05) is 6.61 Å². The van der Waals surface area contributed by atoms with Gasteiger partial charge in [-0.15, -0.1) is 11.8 Å². The Hall–Kier alpha value is -2.03. The number of aliphatic hydroxyl groups is 1. The summed E-state index contributed by atoms with van der Waals surface area (Å²) in [5.41, 5.74) is 3.97. The number of unbranched alkanes of at least 4 members (excludes halogenated alkanes) is 3. The molecule has 0 aromatic heterocycles. The minimum Gasteiger partial charge on any atom is -0.396 e. The van der Waals surface area contributed by atoms with Gasteiger partial charge in [-0.2, -0.15) is 0 Å². The lowest BCUT2D eigenvalue weighted by molar-refractivity contribution is 0.283. The van der Waals surface area contributed by atoms with Crippen LogP contribution in [-0.4, -0.2) is 17.5 Å². The van der Waals surface area contributed by atoms with Gasteiger partial charge in [-0.05, 0) is 35.3 Å². The Morgan fingerprint density at radius 1 is 0.556 bits per heavy atom. The zero-order chi connectivity index (χ0) is 18.8. The molecule has 3 aromatic carbocycles. The molecule has 0 bridgehead atoms. The second-order valence-corrected chi connectivity index (χ2v) is 8.07. The molecule has 0 spiro atoms. The van der Waals surface area contributed by atoms with E-state index in [9.17, 15) is 0 Å². The molecule has 2 heteroatoms. The maximum atomic E-state index is 8.99. The van der Waals surface area contributed by atoms with Crippen LogP contribution in [0.2, 0.25) is 0 Å². The topological polar surface area (TPSA) is 20.2 Å². The average molecular weight is 377 g/mol. The van der Waals surface area contributed by atoms with Gasteiger partial charge in [0.2, 0.25) is 0 Å². The van der Waals surface area contributed by atoms with Gasteiger partial charge in [0.05, 0.1) is 4.75 Å². The van der Waals surface area contributed by atoms with Gasteiger partial charge in [-0.1, -0.05) is 104 Å². The van der Waals surface area contributed by atoms with Crippen LogP contribution >= 0.6 is 11.8 Å². The summed E-state index contributed by atoms with van der Waals surface area (Å²) < 4.78 is -0.208. The molecule has 1 nitrogen and oxygen atoms in total. The Morgan fingerprint density at radius 3 is 1.37 bits per heavy atom. The predicted molar refractivity (Wildman–Crippen MR) is 117 cm³/mol. The maximum Gasteiger partial charge on any atom is 0.0906 e. The molecule has 0 radical (unpaired) electrons. The number of thioether (sulfide) groups is 1. The lowest BCUT2D eigenvalue weighted by Gasteiger charge is -2.35. The third-order valence-electron chi connectivity index (χ3n) is 4.91. The van der Waals surface area contributed by atoms with E-state index in [1.807, 2.05) is 11.8 Å². The Morgan fingerprint density at radius 2 is 0.963 bits per heavy atom. The normalized spacial score (nSPS) is 11.4. The maximum absolute atomic E-state index is 8.99. The van der Waals surface area contributed by atoms with Gasteiger partial charge in [-0.3, -0.25) is 0 Å². The molecule has 140 valence electrons. The van der Waals surface area contributed by atoms with Crippen molar-refractivity contribution in [2.45, 2.75) is 30.4 Å². The molecule has 0 saturated carbocycles. The number of aliphatic hydroxyl groups excluding tert-OH is 1. The molecule has 0 aliphatic carbocycles. The zero-order valence-electron chi connectivity index (χ0n) is 15.8. The molecule has 0 saturated heterocycles. The molecule has 0 unspecified atom stereocenters. The van der Waals surface area contributed by atoms with E-state index in [0.717, 1.165) is 18.6 Å². The number of rotatable bonds is 10. The molecule has 27 heavy (non-hydrogen) atoms. The second kappa shape index (κ2) is 10.3. The highest BCUT2D eigenvalue weighted by atomic mass is 32.2. The molecule has 0 fully saturated rings. The summed E-state index contributed by atoms with van der Waals surface area (Å²) >= 11 is 2.02. The predicted octanol–water partition coefficient (Wildman–Crippen LogP) is 6.26. The van der Waals surface area contributed by atoms with Gasteiger partial charge >= 0.3 is 0 Å². The zero-order valence-corrected chi connectivity index (χ0v) is 16.6. The van der Waals surface area contributed by atoms with Crippen LogP contribution in [0.1, 0.15) is 42.4 Å². The molecule has 3 rings (SSSR count). The SMILES string of the molecule is OCCCCCCSC(c1ccccc1)(c1ccccc1)c1ccccc1. The Bertz CT molecular complexity index is 675. The monoisotopic (exact) mass is 376 g/mol. The van der Waals surface area contributed by atoms with Crippen molar-refractivity contribution in [3.8, 4) is 0 Å². The van der Waals surface area contributed by atoms with Gasteiger partial charge in [-0.25, -0.2) is 0 Å².